The predicted molar refractivity (Wildman–Crippen MR) is 61.3 cm³/mol. The number of hydrogen-bond donors (Lipinski definition) is 1. The lowest BCUT2D eigenvalue weighted by Gasteiger charge is -2.12. The minimum atomic E-state index is -0.181. The maximum atomic E-state index is 11.8. The van der Waals surface area contributed by atoms with Crippen molar-refractivity contribution in [3.8, 4) is 0 Å². The van der Waals surface area contributed by atoms with Gasteiger partial charge in [-0.15, -0.1) is 0 Å². The Labute approximate surface area is 95.1 Å². The van der Waals surface area contributed by atoms with E-state index in [2.05, 4.69) is 10.3 Å². The highest BCUT2D eigenvalue weighted by Crippen LogP contribution is 2.08. The molecular formula is C12H16N2O2. The molecule has 4 nitrogen and oxygen atoms in total. The van der Waals surface area contributed by atoms with Gasteiger partial charge in [-0.25, -0.2) is 0 Å². The second kappa shape index (κ2) is 5.39. The van der Waals surface area contributed by atoms with Crippen molar-refractivity contribution in [3.63, 3.8) is 0 Å². The first-order chi connectivity index (χ1) is 7.54. The van der Waals surface area contributed by atoms with Crippen LogP contribution in [-0.4, -0.2) is 23.2 Å². The van der Waals surface area contributed by atoms with Gasteiger partial charge in [-0.05, 0) is 32.4 Å². The van der Waals surface area contributed by atoms with Gasteiger partial charge in [0, 0.05) is 24.4 Å². The Kier molecular flexibility index (Phi) is 4.17. The molecule has 0 saturated carbocycles. The standard InChI is InChI=1S/C12H16N2O2/c1-8-6-10(3)13-7-11(8)12(16)14-9(2)4-5-15/h5-7,9H,4H2,1-3H3,(H,14,16)/t9-/m1/s1. The number of aromatic nitrogens is 1. The largest absolute Gasteiger partial charge is 0.349 e. The van der Waals surface area contributed by atoms with Crippen LogP contribution in [0.4, 0.5) is 0 Å². The first-order valence-electron chi connectivity index (χ1n) is 5.22. The van der Waals surface area contributed by atoms with E-state index in [1.54, 1.807) is 13.1 Å². The van der Waals surface area contributed by atoms with Gasteiger partial charge in [-0.2, -0.15) is 0 Å². The van der Waals surface area contributed by atoms with Crippen LogP contribution in [0.25, 0.3) is 0 Å². The van der Waals surface area contributed by atoms with Gasteiger partial charge < -0.3 is 10.1 Å². The Morgan fingerprint density at radius 3 is 2.81 bits per heavy atom. The van der Waals surface area contributed by atoms with E-state index >= 15 is 0 Å². The Morgan fingerprint density at radius 1 is 1.56 bits per heavy atom. The van der Waals surface area contributed by atoms with Crippen molar-refractivity contribution in [1.82, 2.24) is 10.3 Å². The van der Waals surface area contributed by atoms with Gasteiger partial charge in [0.1, 0.15) is 6.29 Å². The fourth-order valence-electron chi connectivity index (χ4n) is 1.44. The van der Waals surface area contributed by atoms with E-state index in [1.165, 1.54) is 0 Å². The lowest BCUT2D eigenvalue weighted by atomic mass is 10.1. The average Bonchev–Trinajstić information content (AvgIpc) is 2.17. The number of hydrogen-bond acceptors (Lipinski definition) is 3. The minimum absolute atomic E-state index is 0.147. The number of rotatable bonds is 4. The van der Waals surface area contributed by atoms with Crippen LogP contribution in [0.1, 0.15) is 35.0 Å². The van der Waals surface area contributed by atoms with Crippen LogP contribution in [0.2, 0.25) is 0 Å². The summed E-state index contributed by atoms with van der Waals surface area (Å²) in [6, 6.07) is 1.71. The van der Waals surface area contributed by atoms with Gasteiger partial charge in [-0.3, -0.25) is 9.78 Å². The molecule has 0 radical (unpaired) electrons. The molecule has 0 aromatic carbocycles. The van der Waals surface area contributed by atoms with E-state index in [9.17, 15) is 9.59 Å². The highest BCUT2D eigenvalue weighted by Gasteiger charge is 2.12. The SMILES string of the molecule is Cc1cc(C)c(C(=O)N[C@H](C)CC=O)cn1. The second-order valence-corrected chi connectivity index (χ2v) is 3.92. The van der Waals surface area contributed by atoms with Crippen molar-refractivity contribution in [3.05, 3.63) is 29.1 Å². The number of aldehydes is 1. The molecule has 0 bridgehead atoms. The van der Waals surface area contributed by atoms with Crippen molar-refractivity contribution >= 4 is 12.2 Å². The second-order valence-electron chi connectivity index (χ2n) is 3.92. The molecule has 0 saturated heterocycles. The molecule has 1 aromatic rings. The highest BCUT2D eigenvalue weighted by atomic mass is 16.1. The first-order valence-corrected chi connectivity index (χ1v) is 5.22. The van der Waals surface area contributed by atoms with E-state index in [0.717, 1.165) is 17.5 Å². The molecule has 0 spiro atoms. The lowest BCUT2D eigenvalue weighted by Crippen LogP contribution is -2.33. The molecular weight excluding hydrogens is 204 g/mol. The summed E-state index contributed by atoms with van der Waals surface area (Å²) < 4.78 is 0. The van der Waals surface area contributed by atoms with E-state index < -0.39 is 0 Å². The smallest absolute Gasteiger partial charge is 0.253 e. The van der Waals surface area contributed by atoms with Gasteiger partial charge in [-0.1, -0.05) is 0 Å². The minimum Gasteiger partial charge on any atom is -0.349 e. The Bertz CT molecular complexity index is 402. The van der Waals surface area contributed by atoms with E-state index in [4.69, 9.17) is 0 Å². The summed E-state index contributed by atoms with van der Waals surface area (Å²) in [6.07, 6.45) is 2.68. The van der Waals surface area contributed by atoms with Gasteiger partial charge in [0.2, 0.25) is 0 Å². The number of carbonyl (C=O) groups is 2. The fraction of sp³-hybridized carbons (Fsp3) is 0.417. The van der Waals surface area contributed by atoms with Crippen LogP contribution in [-0.2, 0) is 4.79 Å². The van der Waals surface area contributed by atoms with Crippen LogP contribution >= 0.6 is 0 Å². The first kappa shape index (κ1) is 12.4. The summed E-state index contributed by atoms with van der Waals surface area (Å²) in [4.78, 5) is 26.2. The van der Waals surface area contributed by atoms with Crippen molar-refractivity contribution in [2.75, 3.05) is 0 Å². The van der Waals surface area contributed by atoms with E-state index in [1.807, 2.05) is 19.9 Å². The monoisotopic (exact) mass is 220 g/mol. The number of pyridine rings is 1. The number of amides is 1. The average molecular weight is 220 g/mol. The molecule has 1 aromatic heterocycles. The third-order valence-electron chi connectivity index (χ3n) is 2.32. The number of carbonyl (C=O) groups excluding carboxylic acids is 2. The van der Waals surface area contributed by atoms with Crippen molar-refractivity contribution in [2.24, 2.45) is 0 Å². The van der Waals surface area contributed by atoms with E-state index in [0.29, 0.717) is 12.0 Å². The Morgan fingerprint density at radius 2 is 2.25 bits per heavy atom. The fourth-order valence-corrected chi connectivity index (χ4v) is 1.44. The van der Waals surface area contributed by atoms with Gasteiger partial charge in [0.05, 0.1) is 5.56 Å². The molecule has 1 heterocycles. The molecule has 0 unspecified atom stereocenters. The molecule has 0 aliphatic carbocycles. The zero-order valence-electron chi connectivity index (χ0n) is 9.78. The molecule has 0 aliphatic rings. The molecule has 1 N–H and O–H groups in total. The topological polar surface area (TPSA) is 59.1 Å². The molecule has 4 heteroatoms. The summed E-state index contributed by atoms with van der Waals surface area (Å²) in [5.41, 5.74) is 2.33. The molecule has 1 atom stereocenters. The van der Waals surface area contributed by atoms with E-state index in [-0.39, 0.29) is 11.9 Å². The molecule has 86 valence electrons. The maximum Gasteiger partial charge on any atom is 0.253 e. The van der Waals surface area contributed by atoms with Crippen LogP contribution in [0.3, 0.4) is 0 Å². The summed E-state index contributed by atoms with van der Waals surface area (Å²) in [7, 11) is 0. The normalized spacial score (nSPS) is 11.9. The quantitative estimate of drug-likeness (QED) is 0.780. The predicted octanol–water partition coefficient (Wildman–Crippen LogP) is 1.41. The van der Waals surface area contributed by atoms with Gasteiger partial charge in [0.25, 0.3) is 5.91 Å². The zero-order valence-corrected chi connectivity index (χ0v) is 9.78. The summed E-state index contributed by atoms with van der Waals surface area (Å²) in [5, 5.41) is 2.75. The van der Waals surface area contributed by atoms with Crippen LogP contribution in [0, 0.1) is 13.8 Å². The van der Waals surface area contributed by atoms with Crippen LogP contribution in [0.5, 0.6) is 0 Å². The van der Waals surface area contributed by atoms with Crippen LogP contribution in [0.15, 0.2) is 12.3 Å². The van der Waals surface area contributed by atoms with Crippen LogP contribution < -0.4 is 5.32 Å². The highest BCUT2D eigenvalue weighted by molar-refractivity contribution is 5.95. The summed E-state index contributed by atoms with van der Waals surface area (Å²) >= 11 is 0. The third kappa shape index (κ3) is 3.15. The Hall–Kier alpha value is -1.71. The lowest BCUT2D eigenvalue weighted by molar-refractivity contribution is -0.108. The molecule has 0 aliphatic heterocycles. The summed E-state index contributed by atoms with van der Waals surface area (Å²) in [5.74, 6) is -0.181. The van der Waals surface area contributed by atoms with Gasteiger partial charge >= 0.3 is 0 Å². The number of aryl methyl sites for hydroxylation is 2. The molecule has 1 amide bonds. The molecule has 1 rings (SSSR count). The van der Waals surface area contributed by atoms with Crippen molar-refractivity contribution < 1.29 is 9.59 Å². The molecule has 16 heavy (non-hydrogen) atoms. The zero-order chi connectivity index (χ0) is 12.1. The number of nitrogens with zero attached hydrogens (tertiary/aromatic N) is 1. The van der Waals surface area contributed by atoms with Crippen molar-refractivity contribution in [2.45, 2.75) is 33.2 Å². The third-order valence-corrected chi connectivity index (χ3v) is 2.32. The molecule has 0 fully saturated rings. The van der Waals surface area contributed by atoms with Crippen molar-refractivity contribution in [1.29, 1.82) is 0 Å². The maximum absolute atomic E-state index is 11.8. The summed E-state index contributed by atoms with van der Waals surface area (Å²) in [6.45, 7) is 5.54. The Balaban J connectivity index is 2.76. The van der Waals surface area contributed by atoms with Gasteiger partial charge in [0.15, 0.2) is 0 Å². The number of nitrogens with one attached hydrogen (secondary N) is 1.